The maximum absolute atomic E-state index is 12.7. The third kappa shape index (κ3) is 3.94. The number of carbonyl (C=O) groups is 4. The fourth-order valence-electron chi connectivity index (χ4n) is 3.33. The molecule has 8 heteroatoms. The second kappa shape index (κ2) is 7.77. The van der Waals surface area contributed by atoms with Gasteiger partial charge in [-0.05, 0) is 32.4 Å². The number of rotatable bonds is 3. The van der Waals surface area contributed by atoms with Gasteiger partial charge in [0.1, 0.15) is 6.54 Å². The van der Waals surface area contributed by atoms with E-state index in [4.69, 9.17) is 0 Å². The molecule has 0 unspecified atom stereocenters. The van der Waals surface area contributed by atoms with Crippen LogP contribution in [0.25, 0.3) is 0 Å². The summed E-state index contributed by atoms with van der Waals surface area (Å²) in [5.41, 5.74) is 0.672. The summed E-state index contributed by atoms with van der Waals surface area (Å²) in [6.07, 6.45) is 0.652. The number of nitrogens with one attached hydrogen (secondary N) is 1. The molecular weight excluding hydrogens is 348 g/mol. The fraction of sp³-hybridized carbons (Fsp3) is 0.474. The molecule has 0 radical (unpaired) electrons. The highest BCUT2D eigenvalue weighted by molar-refractivity contribution is 6.22. The zero-order chi connectivity index (χ0) is 19.6. The van der Waals surface area contributed by atoms with Gasteiger partial charge in [-0.25, -0.2) is 4.79 Å². The van der Waals surface area contributed by atoms with Crippen LogP contribution in [0.4, 0.5) is 4.79 Å². The molecule has 2 aliphatic rings. The Balaban J connectivity index is 1.60. The topological polar surface area (TPSA) is 90.0 Å². The molecule has 27 heavy (non-hydrogen) atoms. The van der Waals surface area contributed by atoms with Gasteiger partial charge < -0.3 is 15.1 Å². The second-order valence-electron chi connectivity index (χ2n) is 7.07. The molecule has 2 heterocycles. The van der Waals surface area contributed by atoms with Crippen molar-refractivity contribution in [2.75, 3.05) is 32.7 Å². The van der Waals surface area contributed by atoms with Crippen molar-refractivity contribution in [2.45, 2.75) is 26.3 Å². The highest BCUT2D eigenvalue weighted by Crippen LogP contribution is 2.22. The van der Waals surface area contributed by atoms with Crippen LogP contribution in [0.3, 0.4) is 0 Å². The Morgan fingerprint density at radius 3 is 2.11 bits per heavy atom. The van der Waals surface area contributed by atoms with Gasteiger partial charge in [0, 0.05) is 32.2 Å². The molecule has 3 rings (SSSR count). The molecule has 1 fully saturated rings. The third-order valence-corrected chi connectivity index (χ3v) is 4.72. The van der Waals surface area contributed by atoms with Crippen molar-refractivity contribution in [3.8, 4) is 0 Å². The predicted octanol–water partition coefficient (Wildman–Crippen LogP) is 0.935. The van der Waals surface area contributed by atoms with Gasteiger partial charge in [0.25, 0.3) is 11.8 Å². The molecule has 8 nitrogen and oxygen atoms in total. The van der Waals surface area contributed by atoms with E-state index in [9.17, 15) is 19.2 Å². The minimum absolute atomic E-state index is 0.0484. The number of hydrogen-bond donors (Lipinski definition) is 1. The van der Waals surface area contributed by atoms with Gasteiger partial charge in [-0.2, -0.15) is 0 Å². The molecule has 0 bridgehead atoms. The van der Waals surface area contributed by atoms with Gasteiger partial charge in [-0.15, -0.1) is 0 Å². The molecule has 0 aromatic heterocycles. The fourth-order valence-corrected chi connectivity index (χ4v) is 3.33. The summed E-state index contributed by atoms with van der Waals surface area (Å²) in [6.45, 7) is 5.38. The van der Waals surface area contributed by atoms with Crippen LogP contribution in [0.5, 0.6) is 0 Å². The van der Waals surface area contributed by atoms with Crippen LogP contribution in [0, 0.1) is 0 Å². The summed E-state index contributed by atoms with van der Waals surface area (Å²) in [7, 11) is 0. The van der Waals surface area contributed by atoms with Gasteiger partial charge >= 0.3 is 6.03 Å². The Kier molecular flexibility index (Phi) is 5.43. The highest BCUT2D eigenvalue weighted by atomic mass is 16.2. The van der Waals surface area contributed by atoms with E-state index in [1.165, 1.54) is 0 Å². The second-order valence-corrected chi connectivity index (χ2v) is 7.07. The first-order valence-corrected chi connectivity index (χ1v) is 9.17. The van der Waals surface area contributed by atoms with Crippen molar-refractivity contribution < 1.29 is 19.2 Å². The average Bonchev–Trinajstić information content (AvgIpc) is 2.83. The molecule has 1 saturated heterocycles. The Morgan fingerprint density at radius 2 is 1.52 bits per heavy atom. The third-order valence-electron chi connectivity index (χ3n) is 4.72. The van der Waals surface area contributed by atoms with Gasteiger partial charge in [-0.3, -0.25) is 19.3 Å². The molecule has 1 aromatic carbocycles. The van der Waals surface area contributed by atoms with Crippen molar-refractivity contribution in [1.29, 1.82) is 0 Å². The average molecular weight is 372 g/mol. The summed E-state index contributed by atoms with van der Waals surface area (Å²) in [5.74, 6) is -1.15. The first-order valence-electron chi connectivity index (χ1n) is 9.17. The Labute approximate surface area is 158 Å². The lowest BCUT2D eigenvalue weighted by atomic mass is 10.1. The van der Waals surface area contributed by atoms with Gasteiger partial charge in [0.05, 0.1) is 11.1 Å². The van der Waals surface area contributed by atoms with Crippen LogP contribution in [-0.4, -0.2) is 77.2 Å². The van der Waals surface area contributed by atoms with Crippen molar-refractivity contribution in [3.05, 3.63) is 35.4 Å². The van der Waals surface area contributed by atoms with E-state index in [1.807, 2.05) is 13.8 Å². The van der Waals surface area contributed by atoms with E-state index in [2.05, 4.69) is 5.32 Å². The van der Waals surface area contributed by atoms with Gasteiger partial charge in [-0.1, -0.05) is 12.1 Å². The Bertz CT molecular complexity index is 742. The van der Waals surface area contributed by atoms with Crippen LogP contribution >= 0.6 is 0 Å². The molecule has 144 valence electrons. The number of urea groups is 1. The minimum atomic E-state index is -0.434. The summed E-state index contributed by atoms with van der Waals surface area (Å²) >= 11 is 0. The van der Waals surface area contributed by atoms with Crippen molar-refractivity contribution in [2.24, 2.45) is 0 Å². The molecule has 1 N–H and O–H groups in total. The first-order chi connectivity index (χ1) is 12.9. The number of fused-ring (bicyclic) bond motifs is 1. The van der Waals surface area contributed by atoms with E-state index in [1.54, 1.807) is 34.1 Å². The normalized spacial score (nSPS) is 17.2. The van der Waals surface area contributed by atoms with Crippen molar-refractivity contribution in [3.63, 3.8) is 0 Å². The van der Waals surface area contributed by atoms with Gasteiger partial charge in [0.2, 0.25) is 5.91 Å². The maximum Gasteiger partial charge on any atom is 0.317 e. The predicted molar refractivity (Wildman–Crippen MR) is 98.2 cm³/mol. The Morgan fingerprint density at radius 1 is 0.963 bits per heavy atom. The lowest BCUT2D eigenvalue weighted by Gasteiger charge is -2.24. The van der Waals surface area contributed by atoms with E-state index in [0.29, 0.717) is 43.7 Å². The van der Waals surface area contributed by atoms with E-state index < -0.39 is 11.8 Å². The van der Waals surface area contributed by atoms with Crippen LogP contribution in [-0.2, 0) is 4.79 Å². The largest absolute Gasteiger partial charge is 0.339 e. The number of nitrogens with zero attached hydrogens (tertiary/aromatic N) is 3. The minimum Gasteiger partial charge on any atom is -0.339 e. The molecule has 5 amide bonds. The maximum atomic E-state index is 12.7. The quantitative estimate of drug-likeness (QED) is 0.800. The zero-order valence-electron chi connectivity index (χ0n) is 15.6. The van der Waals surface area contributed by atoms with Crippen LogP contribution in [0.2, 0.25) is 0 Å². The van der Waals surface area contributed by atoms with Crippen LogP contribution in [0.1, 0.15) is 41.0 Å². The zero-order valence-corrected chi connectivity index (χ0v) is 15.6. The summed E-state index contributed by atoms with van der Waals surface area (Å²) in [4.78, 5) is 53.9. The monoisotopic (exact) mass is 372 g/mol. The first kappa shape index (κ1) is 18.9. The molecule has 0 atom stereocenters. The number of carbonyl (C=O) groups excluding carboxylic acids is 4. The lowest BCUT2D eigenvalue weighted by Crippen LogP contribution is -2.46. The number of hydrogen-bond acceptors (Lipinski definition) is 4. The number of imide groups is 1. The number of amides is 5. The smallest absolute Gasteiger partial charge is 0.317 e. The summed E-state index contributed by atoms with van der Waals surface area (Å²) in [6, 6.07) is 6.49. The van der Waals surface area contributed by atoms with Crippen molar-refractivity contribution >= 4 is 23.8 Å². The molecule has 0 spiro atoms. The Hall–Kier alpha value is -2.90. The SMILES string of the molecule is CC(C)NC(=O)N1CCCN(C(=O)CN2C(=O)c3ccccc3C2=O)CC1. The highest BCUT2D eigenvalue weighted by Gasteiger charge is 2.37. The molecule has 0 saturated carbocycles. The van der Waals surface area contributed by atoms with E-state index in [0.717, 1.165) is 4.90 Å². The molecule has 2 aliphatic heterocycles. The number of benzene rings is 1. The standard InChI is InChI=1S/C19H24N4O4/c1-13(2)20-19(27)22-9-5-8-21(10-11-22)16(24)12-23-17(25)14-6-3-4-7-15(14)18(23)26/h3-4,6-7,13H,5,8-12H2,1-2H3,(H,20,27). The van der Waals surface area contributed by atoms with E-state index in [-0.39, 0.29) is 24.5 Å². The van der Waals surface area contributed by atoms with Crippen LogP contribution in [0.15, 0.2) is 24.3 Å². The summed E-state index contributed by atoms with van der Waals surface area (Å²) in [5, 5.41) is 2.85. The molecule has 0 aliphatic carbocycles. The van der Waals surface area contributed by atoms with Gasteiger partial charge in [0.15, 0.2) is 0 Å². The van der Waals surface area contributed by atoms with Crippen LogP contribution < -0.4 is 5.32 Å². The summed E-state index contributed by atoms with van der Waals surface area (Å²) < 4.78 is 0. The van der Waals surface area contributed by atoms with Crippen molar-refractivity contribution in [1.82, 2.24) is 20.0 Å². The molecular formula is C19H24N4O4. The lowest BCUT2D eigenvalue weighted by molar-refractivity contribution is -0.131. The van der Waals surface area contributed by atoms with E-state index >= 15 is 0 Å². The molecule has 1 aromatic rings.